The number of phenols is 1. The van der Waals surface area contributed by atoms with Crippen molar-refractivity contribution in [1.29, 1.82) is 0 Å². The Morgan fingerprint density at radius 2 is 1.82 bits per heavy atom. The number of benzene rings is 2. The summed E-state index contributed by atoms with van der Waals surface area (Å²) >= 11 is 0. The van der Waals surface area contributed by atoms with E-state index in [1.165, 1.54) is 12.1 Å². The van der Waals surface area contributed by atoms with Gasteiger partial charge in [0.15, 0.2) is 5.43 Å². The van der Waals surface area contributed by atoms with Crippen LogP contribution in [0.25, 0.3) is 21.8 Å². The molecule has 84 valence electrons. The Labute approximate surface area is 96.3 Å². The van der Waals surface area contributed by atoms with E-state index >= 15 is 0 Å². The minimum absolute atomic E-state index is 0.0246. The summed E-state index contributed by atoms with van der Waals surface area (Å²) in [4.78, 5) is 15.3. The number of nitrogen functional groups attached to an aromatic ring is 1. The van der Waals surface area contributed by atoms with Crippen LogP contribution in [0, 0.1) is 0 Å². The Kier molecular flexibility index (Phi) is 1.86. The van der Waals surface area contributed by atoms with E-state index in [1.54, 1.807) is 6.07 Å². The van der Waals surface area contributed by atoms with Crippen LogP contribution < -0.4 is 11.2 Å². The highest BCUT2D eigenvalue weighted by Gasteiger charge is 2.07. The van der Waals surface area contributed by atoms with Gasteiger partial charge in [0.1, 0.15) is 5.75 Å². The Bertz CT molecular complexity index is 790. The number of aromatic hydroxyl groups is 1. The third kappa shape index (κ3) is 1.34. The zero-order chi connectivity index (χ0) is 12.0. The molecule has 2 aromatic carbocycles. The second-order valence-corrected chi connectivity index (χ2v) is 3.96. The lowest BCUT2D eigenvalue weighted by molar-refractivity contribution is 0.478. The number of rotatable bonds is 0. The Balaban J connectivity index is 2.60. The number of fused-ring (bicyclic) bond motifs is 2. The standard InChI is InChI=1S/C13H10N2O2/c14-9-5-8-11(6-12(9)16)15-10-4-2-1-3-7(10)13(8)17/h1-6,16H,14H2,(H,15,17). The number of hydrogen-bond acceptors (Lipinski definition) is 3. The van der Waals surface area contributed by atoms with E-state index in [2.05, 4.69) is 4.98 Å². The molecule has 0 aliphatic carbocycles. The monoisotopic (exact) mass is 226 g/mol. The van der Waals surface area contributed by atoms with Crippen molar-refractivity contribution in [2.24, 2.45) is 0 Å². The second kappa shape index (κ2) is 3.25. The van der Waals surface area contributed by atoms with Gasteiger partial charge in [0.05, 0.1) is 11.2 Å². The van der Waals surface area contributed by atoms with Crippen LogP contribution in [0.5, 0.6) is 5.75 Å². The van der Waals surface area contributed by atoms with Crippen LogP contribution in [0.2, 0.25) is 0 Å². The molecule has 3 rings (SSSR count). The molecular weight excluding hydrogens is 216 g/mol. The molecular formula is C13H10N2O2. The molecule has 4 nitrogen and oxygen atoms in total. The van der Waals surface area contributed by atoms with E-state index in [0.717, 1.165) is 5.52 Å². The maximum absolute atomic E-state index is 12.2. The minimum atomic E-state index is -0.0824. The maximum Gasteiger partial charge on any atom is 0.197 e. The molecule has 0 unspecified atom stereocenters. The van der Waals surface area contributed by atoms with Gasteiger partial charge in [-0.2, -0.15) is 0 Å². The van der Waals surface area contributed by atoms with E-state index in [-0.39, 0.29) is 16.9 Å². The van der Waals surface area contributed by atoms with Crippen LogP contribution >= 0.6 is 0 Å². The summed E-state index contributed by atoms with van der Waals surface area (Å²) in [6.45, 7) is 0. The van der Waals surface area contributed by atoms with Crippen molar-refractivity contribution in [2.45, 2.75) is 0 Å². The van der Waals surface area contributed by atoms with Gasteiger partial charge in [0.25, 0.3) is 0 Å². The number of hydrogen-bond donors (Lipinski definition) is 3. The quantitative estimate of drug-likeness (QED) is 0.311. The third-order valence-electron chi connectivity index (χ3n) is 2.85. The fourth-order valence-corrected chi connectivity index (χ4v) is 1.98. The van der Waals surface area contributed by atoms with E-state index in [9.17, 15) is 9.90 Å². The number of aromatic nitrogens is 1. The SMILES string of the molecule is Nc1cc2c(=O)c3ccccc3[nH]c2cc1O. The highest BCUT2D eigenvalue weighted by atomic mass is 16.3. The molecule has 0 aliphatic heterocycles. The smallest absolute Gasteiger partial charge is 0.197 e. The first kappa shape index (κ1) is 9.72. The largest absolute Gasteiger partial charge is 0.506 e. The average molecular weight is 226 g/mol. The highest BCUT2D eigenvalue weighted by Crippen LogP contribution is 2.25. The molecule has 0 radical (unpaired) electrons. The zero-order valence-electron chi connectivity index (χ0n) is 8.90. The molecule has 3 aromatic rings. The summed E-state index contributed by atoms with van der Waals surface area (Å²) in [6, 6.07) is 10.2. The lowest BCUT2D eigenvalue weighted by Crippen LogP contribution is -2.04. The van der Waals surface area contributed by atoms with Crippen LogP contribution in [-0.2, 0) is 0 Å². The predicted molar refractivity (Wildman–Crippen MR) is 68.2 cm³/mol. The summed E-state index contributed by atoms with van der Waals surface area (Å²) in [5.74, 6) is -0.0246. The number of phenolic OH excluding ortho intramolecular Hbond substituents is 1. The lowest BCUT2D eigenvalue weighted by Gasteiger charge is -2.04. The summed E-state index contributed by atoms with van der Waals surface area (Å²) in [5.41, 5.74) is 7.05. The molecule has 0 aliphatic rings. The number of aromatic amines is 1. The number of nitrogens with two attached hydrogens (primary N) is 1. The van der Waals surface area contributed by atoms with Crippen LogP contribution in [0.1, 0.15) is 0 Å². The van der Waals surface area contributed by atoms with Crippen molar-refractivity contribution in [3.8, 4) is 5.75 Å². The molecule has 0 saturated heterocycles. The van der Waals surface area contributed by atoms with Gasteiger partial charge in [-0.25, -0.2) is 0 Å². The molecule has 1 heterocycles. The van der Waals surface area contributed by atoms with Crippen molar-refractivity contribution >= 4 is 27.5 Å². The van der Waals surface area contributed by atoms with Gasteiger partial charge in [-0.05, 0) is 18.2 Å². The van der Waals surface area contributed by atoms with Crippen LogP contribution in [-0.4, -0.2) is 10.1 Å². The zero-order valence-corrected chi connectivity index (χ0v) is 8.90. The molecule has 1 aromatic heterocycles. The number of pyridine rings is 1. The molecule has 0 bridgehead atoms. The first-order valence-corrected chi connectivity index (χ1v) is 5.20. The molecule has 4 N–H and O–H groups in total. The number of anilines is 1. The van der Waals surface area contributed by atoms with Gasteiger partial charge < -0.3 is 15.8 Å². The topological polar surface area (TPSA) is 79.1 Å². The van der Waals surface area contributed by atoms with Gasteiger partial charge in [0.2, 0.25) is 0 Å². The molecule has 4 heteroatoms. The van der Waals surface area contributed by atoms with Crippen molar-refractivity contribution in [1.82, 2.24) is 4.98 Å². The van der Waals surface area contributed by atoms with Crippen molar-refractivity contribution in [2.75, 3.05) is 5.73 Å². The molecule has 17 heavy (non-hydrogen) atoms. The highest BCUT2D eigenvalue weighted by molar-refractivity contribution is 5.94. The van der Waals surface area contributed by atoms with Crippen LogP contribution in [0.3, 0.4) is 0 Å². The summed E-state index contributed by atoms with van der Waals surface area (Å²) in [7, 11) is 0. The maximum atomic E-state index is 12.2. The second-order valence-electron chi connectivity index (χ2n) is 3.96. The normalized spacial score (nSPS) is 11.1. The lowest BCUT2D eigenvalue weighted by atomic mass is 10.1. The number of para-hydroxylation sites is 1. The van der Waals surface area contributed by atoms with Crippen LogP contribution in [0.15, 0.2) is 41.2 Å². The Morgan fingerprint density at radius 1 is 1.06 bits per heavy atom. The number of H-pyrrole nitrogens is 1. The van der Waals surface area contributed by atoms with Gasteiger partial charge >= 0.3 is 0 Å². The first-order chi connectivity index (χ1) is 8.16. The van der Waals surface area contributed by atoms with Crippen LogP contribution in [0.4, 0.5) is 5.69 Å². The molecule has 0 saturated carbocycles. The van der Waals surface area contributed by atoms with Gasteiger partial charge in [-0.1, -0.05) is 12.1 Å². The Hall–Kier alpha value is -2.49. The van der Waals surface area contributed by atoms with E-state index in [0.29, 0.717) is 16.3 Å². The third-order valence-corrected chi connectivity index (χ3v) is 2.85. The first-order valence-electron chi connectivity index (χ1n) is 5.20. The van der Waals surface area contributed by atoms with Crippen molar-refractivity contribution in [3.05, 3.63) is 46.6 Å². The fraction of sp³-hybridized carbons (Fsp3) is 0. The van der Waals surface area contributed by atoms with Crippen molar-refractivity contribution < 1.29 is 5.11 Å². The molecule has 0 atom stereocenters. The van der Waals surface area contributed by atoms with E-state index < -0.39 is 0 Å². The average Bonchev–Trinajstić information content (AvgIpc) is 2.32. The molecule has 0 fully saturated rings. The van der Waals surface area contributed by atoms with Gasteiger partial charge in [0, 0.05) is 22.4 Å². The Morgan fingerprint density at radius 3 is 2.65 bits per heavy atom. The van der Waals surface area contributed by atoms with Crippen molar-refractivity contribution in [3.63, 3.8) is 0 Å². The number of nitrogens with one attached hydrogen (secondary N) is 1. The van der Waals surface area contributed by atoms with Gasteiger partial charge in [-0.15, -0.1) is 0 Å². The van der Waals surface area contributed by atoms with Gasteiger partial charge in [-0.3, -0.25) is 4.79 Å². The summed E-state index contributed by atoms with van der Waals surface area (Å²) in [6.07, 6.45) is 0. The molecule has 0 amide bonds. The molecule has 0 spiro atoms. The fourth-order valence-electron chi connectivity index (χ4n) is 1.98. The minimum Gasteiger partial charge on any atom is -0.506 e. The summed E-state index contributed by atoms with van der Waals surface area (Å²) < 4.78 is 0. The van der Waals surface area contributed by atoms with E-state index in [1.807, 2.05) is 18.2 Å². The van der Waals surface area contributed by atoms with E-state index in [4.69, 9.17) is 5.73 Å². The predicted octanol–water partition coefficient (Wildman–Crippen LogP) is 1.97. The summed E-state index contributed by atoms with van der Waals surface area (Å²) in [5, 5.41) is 10.6.